The maximum atomic E-state index is 12.0. The largest absolute Gasteiger partial charge is 0.481 e. The Bertz CT molecular complexity index is 525. The lowest BCUT2D eigenvalue weighted by Crippen LogP contribution is -2.45. The number of amides is 1. The van der Waals surface area contributed by atoms with E-state index in [1.165, 1.54) is 38.1 Å². The SMILES string of the molecule is CC(C)(CC(=O)O)NC(=O)c1ccccc1[N+](=O)[O-]. The molecule has 0 aliphatic rings. The molecule has 0 spiro atoms. The lowest BCUT2D eigenvalue weighted by molar-refractivity contribution is -0.385. The predicted octanol–water partition coefficient (Wildman–Crippen LogP) is 1.58. The zero-order chi connectivity index (χ0) is 14.6. The number of hydrogen-bond donors (Lipinski definition) is 2. The number of carboxylic acids is 1. The van der Waals surface area contributed by atoms with Gasteiger partial charge in [0.05, 0.1) is 11.3 Å². The molecule has 0 fully saturated rings. The van der Waals surface area contributed by atoms with Gasteiger partial charge in [-0.3, -0.25) is 19.7 Å². The van der Waals surface area contributed by atoms with Crippen LogP contribution in [0.25, 0.3) is 0 Å². The van der Waals surface area contributed by atoms with Crippen LogP contribution in [0.1, 0.15) is 30.6 Å². The molecular formula is C12H14N2O5. The van der Waals surface area contributed by atoms with Crippen molar-refractivity contribution in [1.82, 2.24) is 5.32 Å². The monoisotopic (exact) mass is 266 g/mol. The highest BCUT2D eigenvalue weighted by Crippen LogP contribution is 2.19. The molecule has 1 aromatic rings. The molecule has 0 radical (unpaired) electrons. The Hall–Kier alpha value is -2.44. The number of rotatable bonds is 5. The van der Waals surface area contributed by atoms with Gasteiger partial charge in [0.25, 0.3) is 11.6 Å². The summed E-state index contributed by atoms with van der Waals surface area (Å²) in [5, 5.41) is 22.0. The molecule has 102 valence electrons. The molecule has 0 saturated heterocycles. The van der Waals surface area contributed by atoms with Crippen molar-refractivity contribution in [3.05, 3.63) is 39.9 Å². The second kappa shape index (κ2) is 5.47. The number of aliphatic carboxylic acids is 1. The standard InChI is InChI=1S/C12H14N2O5/c1-12(2,7-10(15)16)13-11(17)8-5-3-4-6-9(8)14(18)19/h3-6H,7H2,1-2H3,(H,13,17)(H,15,16). The van der Waals surface area contributed by atoms with E-state index in [0.717, 1.165) is 0 Å². The molecule has 1 rings (SSSR count). The molecule has 0 aliphatic heterocycles. The summed E-state index contributed by atoms with van der Waals surface area (Å²) < 4.78 is 0. The van der Waals surface area contributed by atoms with Crippen LogP contribution in [-0.4, -0.2) is 27.4 Å². The zero-order valence-electron chi connectivity index (χ0n) is 10.5. The Morgan fingerprint density at radius 3 is 2.47 bits per heavy atom. The Labute approximate surface area is 109 Å². The summed E-state index contributed by atoms with van der Waals surface area (Å²) in [5.41, 5.74) is -1.40. The molecular weight excluding hydrogens is 252 g/mol. The van der Waals surface area contributed by atoms with Crippen LogP contribution in [0.2, 0.25) is 0 Å². The first-order chi connectivity index (χ1) is 8.73. The third-order valence-electron chi connectivity index (χ3n) is 2.39. The van der Waals surface area contributed by atoms with Gasteiger partial charge in [-0.25, -0.2) is 0 Å². The Morgan fingerprint density at radius 1 is 1.37 bits per heavy atom. The van der Waals surface area contributed by atoms with Gasteiger partial charge in [-0.1, -0.05) is 12.1 Å². The van der Waals surface area contributed by atoms with Crippen molar-refractivity contribution in [3.63, 3.8) is 0 Å². The Kier molecular flexibility index (Phi) is 4.21. The third-order valence-corrected chi connectivity index (χ3v) is 2.39. The lowest BCUT2D eigenvalue weighted by atomic mass is 10.00. The number of benzene rings is 1. The van der Waals surface area contributed by atoms with Crippen LogP contribution < -0.4 is 5.32 Å². The van der Waals surface area contributed by atoms with Crippen molar-refractivity contribution in [3.8, 4) is 0 Å². The van der Waals surface area contributed by atoms with Crippen LogP contribution in [0.5, 0.6) is 0 Å². The van der Waals surface area contributed by atoms with Crippen molar-refractivity contribution in [1.29, 1.82) is 0 Å². The van der Waals surface area contributed by atoms with Crippen LogP contribution >= 0.6 is 0 Å². The number of para-hydroxylation sites is 1. The lowest BCUT2D eigenvalue weighted by Gasteiger charge is -2.24. The normalized spacial score (nSPS) is 10.8. The topological polar surface area (TPSA) is 110 Å². The molecule has 0 bridgehead atoms. The van der Waals surface area contributed by atoms with E-state index in [-0.39, 0.29) is 17.7 Å². The number of hydrogen-bond acceptors (Lipinski definition) is 4. The van der Waals surface area contributed by atoms with E-state index in [2.05, 4.69) is 5.32 Å². The number of nitro groups is 1. The van der Waals surface area contributed by atoms with Crippen molar-refractivity contribution >= 4 is 17.6 Å². The van der Waals surface area contributed by atoms with E-state index in [1.54, 1.807) is 0 Å². The van der Waals surface area contributed by atoms with E-state index >= 15 is 0 Å². The summed E-state index contributed by atoms with van der Waals surface area (Å²) in [7, 11) is 0. The summed E-state index contributed by atoms with van der Waals surface area (Å²) in [6, 6.07) is 5.51. The summed E-state index contributed by atoms with van der Waals surface area (Å²) in [6.45, 7) is 3.07. The number of carboxylic acid groups (broad SMARTS) is 1. The predicted molar refractivity (Wildman–Crippen MR) is 66.9 cm³/mol. The van der Waals surface area contributed by atoms with Gasteiger partial charge in [-0.05, 0) is 19.9 Å². The van der Waals surface area contributed by atoms with Gasteiger partial charge >= 0.3 is 5.97 Å². The van der Waals surface area contributed by atoms with Crippen LogP contribution in [0.15, 0.2) is 24.3 Å². The first kappa shape index (κ1) is 14.6. The molecule has 7 heteroatoms. The smallest absolute Gasteiger partial charge is 0.305 e. The van der Waals surface area contributed by atoms with Gasteiger partial charge < -0.3 is 10.4 Å². The molecule has 0 aliphatic carbocycles. The van der Waals surface area contributed by atoms with Crippen molar-refractivity contribution in [2.24, 2.45) is 0 Å². The second-order valence-electron chi connectivity index (χ2n) is 4.68. The fourth-order valence-electron chi connectivity index (χ4n) is 1.62. The van der Waals surface area contributed by atoms with Gasteiger partial charge in [0, 0.05) is 11.6 Å². The molecule has 0 heterocycles. The number of carbonyl (C=O) groups excluding carboxylic acids is 1. The van der Waals surface area contributed by atoms with E-state index in [4.69, 9.17) is 5.11 Å². The average Bonchev–Trinajstić information content (AvgIpc) is 2.26. The minimum absolute atomic E-state index is 0.0917. The molecule has 1 aromatic carbocycles. The van der Waals surface area contributed by atoms with Crippen LogP contribution in [0.4, 0.5) is 5.69 Å². The zero-order valence-corrected chi connectivity index (χ0v) is 10.5. The number of nitrogens with one attached hydrogen (secondary N) is 1. The van der Waals surface area contributed by atoms with Crippen molar-refractivity contribution in [2.45, 2.75) is 25.8 Å². The fraction of sp³-hybridized carbons (Fsp3) is 0.333. The van der Waals surface area contributed by atoms with Gasteiger partial charge in [-0.15, -0.1) is 0 Å². The van der Waals surface area contributed by atoms with Gasteiger partial charge in [0.15, 0.2) is 0 Å². The minimum atomic E-state index is -1.06. The molecule has 19 heavy (non-hydrogen) atoms. The number of carbonyl (C=O) groups is 2. The highest BCUT2D eigenvalue weighted by molar-refractivity contribution is 5.98. The molecule has 7 nitrogen and oxygen atoms in total. The highest BCUT2D eigenvalue weighted by Gasteiger charge is 2.27. The van der Waals surface area contributed by atoms with Crippen LogP contribution in [0.3, 0.4) is 0 Å². The molecule has 0 unspecified atom stereocenters. The molecule has 0 saturated carbocycles. The average molecular weight is 266 g/mol. The molecule has 0 atom stereocenters. The maximum Gasteiger partial charge on any atom is 0.305 e. The van der Waals surface area contributed by atoms with Gasteiger partial charge in [-0.2, -0.15) is 0 Å². The first-order valence-corrected chi connectivity index (χ1v) is 5.51. The summed E-state index contributed by atoms with van der Waals surface area (Å²) >= 11 is 0. The Morgan fingerprint density at radius 2 is 1.95 bits per heavy atom. The molecule has 1 amide bonds. The molecule has 0 aromatic heterocycles. The third kappa shape index (κ3) is 4.06. The van der Waals surface area contributed by atoms with Gasteiger partial charge in [0.1, 0.15) is 5.56 Å². The first-order valence-electron chi connectivity index (χ1n) is 5.51. The van der Waals surface area contributed by atoms with E-state index in [0.29, 0.717) is 0 Å². The van der Waals surface area contributed by atoms with E-state index in [9.17, 15) is 19.7 Å². The van der Waals surface area contributed by atoms with Crippen LogP contribution in [0, 0.1) is 10.1 Å². The van der Waals surface area contributed by atoms with Crippen LogP contribution in [-0.2, 0) is 4.79 Å². The second-order valence-corrected chi connectivity index (χ2v) is 4.68. The Balaban J connectivity index is 2.96. The minimum Gasteiger partial charge on any atom is -0.481 e. The quantitative estimate of drug-likeness (QED) is 0.621. The highest BCUT2D eigenvalue weighted by atomic mass is 16.6. The fourth-order valence-corrected chi connectivity index (χ4v) is 1.62. The van der Waals surface area contributed by atoms with E-state index < -0.39 is 22.3 Å². The summed E-state index contributed by atoms with van der Waals surface area (Å²) in [6.07, 6.45) is -0.278. The van der Waals surface area contributed by atoms with Gasteiger partial charge in [0.2, 0.25) is 0 Å². The van der Waals surface area contributed by atoms with Crippen molar-refractivity contribution in [2.75, 3.05) is 0 Å². The summed E-state index contributed by atoms with van der Waals surface area (Å²) in [4.78, 5) is 32.8. The number of nitrogens with zero attached hydrogens (tertiary/aromatic N) is 1. The number of nitro benzene ring substituents is 1. The van der Waals surface area contributed by atoms with E-state index in [1.807, 2.05) is 0 Å². The maximum absolute atomic E-state index is 12.0. The summed E-state index contributed by atoms with van der Waals surface area (Å²) in [5.74, 6) is -1.73. The van der Waals surface area contributed by atoms with Crippen molar-refractivity contribution < 1.29 is 19.6 Å². The molecule has 2 N–H and O–H groups in total.